The normalized spacial score (nSPS) is 10.7. The molecule has 0 saturated carbocycles. The quantitative estimate of drug-likeness (QED) is 0.707. The fourth-order valence-electron chi connectivity index (χ4n) is 1.70. The molecule has 0 fully saturated rings. The summed E-state index contributed by atoms with van der Waals surface area (Å²) in [5, 5.41) is 7.83. The molecule has 0 spiro atoms. The number of hydrogen-bond donors (Lipinski definition) is 2. The van der Waals surface area contributed by atoms with E-state index in [0.717, 1.165) is 5.39 Å². The van der Waals surface area contributed by atoms with E-state index >= 15 is 0 Å². The maximum absolute atomic E-state index is 5.81. The van der Waals surface area contributed by atoms with Gasteiger partial charge in [0.15, 0.2) is 11.5 Å². The van der Waals surface area contributed by atoms with Crippen molar-refractivity contribution in [3.05, 3.63) is 36.7 Å². The number of aromatic amines is 1. The van der Waals surface area contributed by atoms with E-state index in [1.807, 2.05) is 12.1 Å². The maximum Gasteiger partial charge on any atom is 0.181 e. The Hall–Kier alpha value is -2.76. The summed E-state index contributed by atoms with van der Waals surface area (Å²) in [6.45, 7) is 3.64. The van der Waals surface area contributed by atoms with Gasteiger partial charge in [-0.1, -0.05) is 12.7 Å². The van der Waals surface area contributed by atoms with E-state index in [-0.39, 0.29) is 0 Å². The lowest BCUT2D eigenvalue weighted by Crippen LogP contribution is -1.98. The van der Waals surface area contributed by atoms with Gasteiger partial charge in [0.05, 0.1) is 0 Å². The third kappa shape index (κ3) is 1.51. The van der Waals surface area contributed by atoms with Crippen LogP contribution in [0.25, 0.3) is 28.6 Å². The molecule has 0 atom stereocenters. The van der Waals surface area contributed by atoms with Crippen LogP contribution in [0, 0.1) is 0 Å². The lowest BCUT2D eigenvalue weighted by Gasteiger charge is -2.01. The number of hydrogen-bond acceptors (Lipinski definition) is 5. The van der Waals surface area contributed by atoms with Gasteiger partial charge < -0.3 is 5.73 Å². The highest BCUT2D eigenvalue weighted by molar-refractivity contribution is 5.88. The van der Waals surface area contributed by atoms with Crippen molar-refractivity contribution < 1.29 is 0 Å². The first-order chi connectivity index (χ1) is 8.79. The van der Waals surface area contributed by atoms with Crippen molar-refractivity contribution in [1.82, 2.24) is 25.1 Å². The van der Waals surface area contributed by atoms with Crippen molar-refractivity contribution in [2.75, 3.05) is 5.73 Å². The van der Waals surface area contributed by atoms with Crippen LogP contribution >= 0.6 is 0 Å². The highest BCUT2D eigenvalue weighted by Crippen LogP contribution is 2.23. The largest absolute Gasteiger partial charge is 0.383 e. The van der Waals surface area contributed by atoms with Crippen molar-refractivity contribution in [1.29, 1.82) is 0 Å². The summed E-state index contributed by atoms with van der Waals surface area (Å²) in [6, 6.07) is 3.74. The van der Waals surface area contributed by atoms with Gasteiger partial charge in [-0.15, -0.1) is 0 Å². The second-order valence-corrected chi connectivity index (χ2v) is 3.71. The molecule has 0 radical (unpaired) electrons. The molecule has 0 aliphatic heterocycles. The number of nitrogens with zero attached hydrogens (tertiary/aromatic N) is 4. The molecule has 0 unspecified atom stereocenters. The van der Waals surface area contributed by atoms with E-state index in [2.05, 4.69) is 31.7 Å². The molecule has 0 aliphatic carbocycles. The van der Waals surface area contributed by atoms with Crippen LogP contribution < -0.4 is 5.73 Å². The molecule has 3 aromatic heterocycles. The number of pyridine rings is 1. The summed E-state index contributed by atoms with van der Waals surface area (Å²) in [7, 11) is 0. The van der Waals surface area contributed by atoms with Crippen LogP contribution in [0.3, 0.4) is 0 Å². The van der Waals surface area contributed by atoms with Crippen molar-refractivity contribution in [3.63, 3.8) is 0 Å². The van der Waals surface area contributed by atoms with Gasteiger partial charge in [-0.25, -0.2) is 15.0 Å². The second-order valence-electron chi connectivity index (χ2n) is 3.71. The Morgan fingerprint density at radius 2 is 2.22 bits per heavy atom. The predicted octanol–water partition coefficient (Wildman–Crippen LogP) is 1.64. The van der Waals surface area contributed by atoms with Crippen molar-refractivity contribution in [2.45, 2.75) is 0 Å². The predicted molar refractivity (Wildman–Crippen MR) is 69.4 cm³/mol. The second kappa shape index (κ2) is 3.92. The van der Waals surface area contributed by atoms with Crippen LogP contribution in [0.5, 0.6) is 0 Å². The molecular formula is C12H10N6. The summed E-state index contributed by atoms with van der Waals surface area (Å²) in [5.41, 5.74) is 7.85. The number of nitrogen functional groups attached to an aromatic ring is 1. The lowest BCUT2D eigenvalue weighted by molar-refractivity contribution is 1.07. The van der Waals surface area contributed by atoms with Gasteiger partial charge >= 0.3 is 0 Å². The van der Waals surface area contributed by atoms with E-state index in [1.165, 1.54) is 0 Å². The zero-order valence-corrected chi connectivity index (χ0v) is 9.46. The first-order valence-corrected chi connectivity index (χ1v) is 5.34. The highest BCUT2D eigenvalue weighted by Gasteiger charge is 2.11. The van der Waals surface area contributed by atoms with Crippen LogP contribution in [-0.2, 0) is 0 Å². The number of fused-ring (bicyclic) bond motifs is 1. The molecule has 6 heteroatoms. The van der Waals surface area contributed by atoms with Gasteiger partial charge in [0.1, 0.15) is 11.5 Å². The smallest absolute Gasteiger partial charge is 0.181 e. The molecule has 3 rings (SSSR count). The number of nitrogens with one attached hydrogen (secondary N) is 1. The molecule has 6 nitrogen and oxygen atoms in total. The minimum Gasteiger partial charge on any atom is -0.383 e. The summed E-state index contributed by atoms with van der Waals surface area (Å²) in [5.74, 6) is 0.884. The molecule has 3 heterocycles. The van der Waals surface area contributed by atoms with E-state index in [9.17, 15) is 0 Å². The van der Waals surface area contributed by atoms with Crippen LogP contribution in [0.15, 0.2) is 31.1 Å². The average molecular weight is 238 g/mol. The molecule has 0 aliphatic rings. The number of H-pyrrole nitrogens is 1. The zero-order valence-electron chi connectivity index (χ0n) is 9.46. The maximum atomic E-state index is 5.81. The van der Waals surface area contributed by atoms with Crippen molar-refractivity contribution in [2.24, 2.45) is 0 Å². The molecule has 0 amide bonds. The molecule has 18 heavy (non-hydrogen) atoms. The summed E-state index contributed by atoms with van der Waals surface area (Å²) < 4.78 is 0. The van der Waals surface area contributed by atoms with E-state index in [0.29, 0.717) is 28.5 Å². The Bertz CT molecular complexity index is 730. The van der Waals surface area contributed by atoms with Gasteiger partial charge in [-0.3, -0.25) is 5.10 Å². The van der Waals surface area contributed by atoms with Gasteiger partial charge in [0, 0.05) is 23.3 Å². The molecule has 3 aromatic rings. The van der Waals surface area contributed by atoms with E-state index < -0.39 is 0 Å². The van der Waals surface area contributed by atoms with Crippen LogP contribution in [0.1, 0.15) is 5.56 Å². The molecule has 0 saturated heterocycles. The topological polar surface area (TPSA) is 93.4 Å². The van der Waals surface area contributed by atoms with Crippen molar-refractivity contribution in [3.8, 4) is 11.5 Å². The molecular weight excluding hydrogens is 228 g/mol. The van der Waals surface area contributed by atoms with Gasteiger partial charge in [-0.05, 0) is 12.1 Å². The first kappa shape index (κ1) is 10.4. The third-order valence-corrected chi connectivity index (χ3v) is 2.62. The molecule has 0 bridgehead atoms. The number of rotatable bonds is 2. The number of nitrogens with two attached hydrogens (primary N) is 1. The molecule has 88 valence electrons. The summed E-state index contributed by atoms with van der Waals surface area (Å²) in [6.07, 6.45) is 4.93. The molecule has 0 aromatic carbocycles. The van der Waals surface area contributed by atoms with Crippen LogP contribution in [0.4, 0.5) is 5.82 Å². The monoisotopic (exact) mass is 238 g/mol. The van der Waals surface area contributed by atoms with Crippen LogP contribution in [-0.4, -0.2) is 25.1 Å². The third-order valence-electron chi connectivity index (χ3n) is 2.62. The number of anilines is 1. The average Bonchev–Trinajstić information content (AvgIpc) is 2.82. The Kier molecular flexibility index (Phi) is 2.26. The highest BCUT2D eigenvalue weighted by atomic mass is 15.2. The van der Waals surface area contributed by atoms with Gasteiger partial charge in [0.25, 0.3) is 0 Å². The Morgan fingerprint density at radius 1 is 1.33 bits per heavy atom. The van der Waals surface area contributed by atoms with Crippen molar-refractivity contribution >= 4 is 22.9 Å². The van der Waals surface area contributed by atoms with Gasteiger partial charge in [0.2, 0.25) is 0 Å². The summed E-state index contributed by atoms with van der Waals surface area (Å²) in [4.78, 5) is 12.6. The minimum absolute atomic E-state index is 0.390. The van der Waals surface area contributed by atoms with E-state index in [1.54, 1.807) is 18.5 Å². The first-order valence-electron chi connectivity index (χ1n) is 5.34. The minimum atomic E-state index is 0.390. The van der Waals surface area contributed by atoms with Crippen LogP contribution in [0.2, 0.25) is 0 Å². The van der Waals surface area contributed by atoms with E-state index in [4.69, 9.17) is 5.73 Å². The summed E-state index contributed by atoms with van der Waals surface area (Å²) >= 11 is 0. The standard InChI is InChI=1S/C12H10N6/c1-2-7-6-15-12(16-10(7)13)9-8-4-3-5-14-11(8)18-17-9/h2-6H,1H2,(H2,13,15,16)(H,14,17,18). The zero-order chi connectivity index (χ0) is 12.5. The number of aromatic nitrogens is 5. The Balaban J connectivity index is 2.20. The Labute approximate surface area is 103 Å². The van der Waals surface area contributed by atoms with Gasteiger partial charge in [-0.2, -0.15) is 5.10 Å². The fourth-order valence-corrected chi connectivity index (χ4v) is 1.70. The fraction of sp³-hybridized carbons (Fsp3) is 0. The lowest BCUT2D eigenvalue weighted by atomic mass is 10.2. The SMILES string of the molecule is C=Cc1cnc(-c2[nH]nc3ncccc23)nc1N. The Morgan fingerprint density at radius 3 is 3.00 bits per heavy atom. The molecule has 3 N–H and O–H groups in total.